The van der Waals surface area contributed by atoms with E-state index in [1.807, 2.05) is 44.2 Å². The number of rotatable bonds is 5. The maximum Gasteiger partial charge on any atom is 0.274 e. The Morgan fingerprint density at radius 1 is 1.31 bits per heavy atom. The smallest absolute Gasteiger partial charge is 0.274 e. The van der Waals surface area contributed by atoms with Crippen LogP contribution in [0.3, 0.4) is 0 Å². The van der Waals surface area contributed by atoms with Crippen LogP contribution in [-0.2, 0) is 9.59 Å². The minimum absolute atomic E-state index is 0.0248. The minimum atomic E-state index is -0.828. The molecule has 1 aromatic carbocycles. The first-order valence-electron chi connectivity index (χ1n) is 8.58. The molecule has 1 aromatic heterocycles. The van der Waals surface area contributed by atoms with Crippen LogP contribution in [0.1, 0.15) is 31.9 Å². The molecule has 2 atom stereocenters. The first kappa shape index (κ1) is 17.7. The van der Waals surface area contributed by atoms with Gasteiger partial charge in [0.15, 0.2) is 11.6 Å². The maximum atomic E-state index is 13.0. The second-order valence-corrected chi connectivity index (χ2v) is 6.27. The number of hydrogen-bond acceptors (Lipinski definition) is 5. The molecule has 0 fully saturated rings. The summed E-state index contributed by atoms with van der Waals surface area (Å²) >= 11 is 0. The summed E-state index contributed by atoms with van der Waals surface area (Å²) in [5.74, 6) is 0.341. The van der Waals surface area contributed by atoms with Crippen molar-refractivity contribution in [1.82, 2.24) is 10.3 Å². The van der Waals surface area contributed by atoms with E-state index in [4.69, 9.17) is 10.5 Å². The lowest BCUT2D eigenvalue weighted by atomic mass is 10.1. The Bertz CT molecular complexity index is 810. The molecule has 3 N–H and O–H groups in total. The van der Waals surface area contributed by atoms with Gasteiger partial charge in [0.05, 0.1) is 0 Å². The van der Waals surface area contributed by atoms with Crippen LogP contribution in [0.5, 0.6) is 5.75 Å². The normalized spacial score (nSPS) is 17.2. The number of amides is 2. The van der Waals surface area contributed by atoms with Crippen molar-refractivity contribution in [3.63, 3.8) is 0 Å². The number of fused-ring (bicyclic) bond motifs is 1. The topological polar surface area (TPSA) is 97.5 Å². The van der Waals surface area contributed by atoms with E-state index in [1.54, 1.807) is 12.1 Å². The van der Waals surface area contributed by atoms with E-state index < -0.39 is 6.10 Å². The van der Waals surface area contributed by atoms with Gasteiger partial charge < -0.3 is 15.8 Å². The number of nitrogens with one attached hydrogen (secondary N) is 1. The van der Waals surface area contributed by atoms with Crippen molar-refractivity contribution in [3.8, 4) is 5.75 Å². The number of nitrogen functional groups attached to an aromatic ring is 1. The van der Waals surface area contributed by atoms with E-state index in [0.717, 1.165) is 6.42 Å². The number of carbonyl (C=O) groups is 2. The Morgan fingerprint density at radius 3 is 2.73 bits per heavy atom. The number of benzene rings is 1. The third-order valence-electron chi connectivity index (χ3n) is 4.28. The predicted molar refractivity (Wildman–Crippen MR) is 98.7 cm³/mol. The van der Waals surface area contributed by atoms with Gasteiger partial charge in [0, 0.05) is 11.6 Å². The van der Waals surface area contributed by atoms with Gasteiger partial charge in [-0.25, -0.2) is 4.98 Å². The van der Waals surface area contributed by atoms with Crippen LogP contribution in [0.15, 0.2) is 42.5 Å². The van der Waals surface area contributed by atoms with Crippen LogP contribution in [0.25, 0.3) is 0 Å². The van der Waals surface area contributed by atoms with Crippen LogP contribution in [-0.4, -0.2) is 29.4 Å². The Morgan fingerprint density at radius 2 is 2.04 bits per heavy atom. The zero-order valence-electron chi connectivity index (χ0n) is 14.8. The highest BCUT2D eigenvalue weighted by molar-refractivity contribution is 6.03. The molecule has 2 unspecified atom stereocenters. The van der Waals surface area contributed by atoms with Gasteiger partial charge >= 0.3 is 0 Å². The van der Waals surface area contributed by atoms with Crippen LogP contribution in [0.2, 0.25) is 0 Å². The quantitative estimate of drug-likeness (QED) is 0.856. The second kappa shape index (κ2) is 7.43. The molecule has 0 aliphatic carbocycles. The molecule has 1 aliphatic rings. The molecule has 0 saturated heterocycles. The third kappa shape index (κ3) is 3.61. The van der Waals surface area contributed by atoms with E-state index in [2.05, 4.69) is 10.3 Å². The van der Waals surface area contributed by atoms with Crippen molar-refractivity contribution in [1.29, 1.82) is 0 Å². The summed E-state index contributed by atoms with van der Waals surface area (Å²) in [5, 5.41) is 2.86. The molecule has 1 aliphatic heterocycles. The van der Waals surface area contributed by atoms with E-state index in [9.17, 15) is 9.59 Å². The highest BCUT2D eigenvalue weighted by atomic mass is 16.5. The molecule has 2 aromatic rings. The Kier molecular flexibility index (Phi) is 5.06. The van der Waals surface area contributed by atoms with Gasteiger partial charge in [0.25, 0.3) is 5.91 Å². The first-order chi connectivity index (χ1) is 12.5. The Balaban J connectivity index is 1.93. The fourth-order valence-electron chi connectivity index (χ4n) is 2.72. The minimum Gasteiger partial charge on any atom is -0.472 e. The van der Waals surface area contributed by atoms with Crippen LogP contribution in [0, 0.1) is 0 Å². The van der Waals surface area contributed by atoms with E-state index in [1.165, 1.54) is 4.90 Å². The molecular weight excluding hydrogens is 332 g/mol. The van der Waals surface area contributed by atoms with Crippen molar-refractivity contribution >= 4 is 23.5 Å². The summed E-state index contributed by atoms with van der Waals surface area (Å²) in [7, 11) is 0. The zero-order chi connectivity index (χ0) is 18.7. The predicted octanol–water partition coefficient (Wildman–Crippen LogP) is 2.05. The van der Waals surface area contributed by atoms with E-state index in [0.29, 0.717) is 11.3 Å². The lowest BCUT2D eigenvalue weighted by Gasteiger charge is -2.33. The number of ether oxygens (including phenoxy) is 1. The molecule has 0 spiro atoms. The van der Waals surface area contributed by atoms with Crippen molar-refractivity contribution in [2.45, 2.75) is 32.4 Å². The first-order valence-corrected chi connectivity index (χ1v) is 8.58. The Hall–Kier alpha value is -3.09. The molecule has 7 nitrogen and oxygen atoms in total. The second-order valence-electron chi connectivity index (χ2n) is 6.27. The number of nitrogens with zero attached hydrogens (tertiary/aromatic N) is 2. The lowest BCUT2D eigenvalue weighted by molar-refractivity contribution is -0.129. The van der Waals surface area contributed by atoms with Gasteiger partial charge in [-0.1, -0.05) is 37.3 Å². The third-order valence-corrected chi connectivity index (χ3v) is 4.28. The summed E-state index contributed by atoms with van der Waals surface area (Å²) in [6.07, 6.45) is -0.0254. The van der Waals surface area contributed by atoms with E-state index in [-0.39, 0.29) is 36.0 Å². The number of pyridine rings is 1. The number of nitrogens with two attached hydrogens (primary N) is 1. The highest BCUT2D eigenvalue weighted by Gasteiger charge is 2.37. The monoisotopic (exact) mass is 354 g/mol. The molecule has 2 heterocycles. The molecule has 0 radical (unpaired) electrons. The van der Waals surface area contributed by atoms with Gasteiger partial charge in [0.1, 0.15) is 12.4 Å². The van der Waals surface area contributed by atoms with Gasteiger partial charge in [-0.15, -0.1) is 0 Å². The van der Waals surface area contributed by atoms with Crippen molar-refractivity contribution in [2.75, 3.05) is 17.2 Å². The summed E-state index contributed by atoms with van der Waals surface area (Å²) in [5.41, 5.74) is 6.48. The number of carbonyl (C=O) groups excluding carboxylic acids is 2. The molecule has 26 heavy (non-hydrogen) atoms. The van der Waals surface area contributed by atoms with Crippen molar-refractivity contribution in [3.05, 3.63) is 48.0 Å². The number of aromatic nitrogens is 1. The van der Waals surface area contributed by atoms with Gasteiger partial charge in [-0.2, -0.15) is 0 Å². The average molecular weight is 354 g/mol. The lowest BCUT2D eigenvalue weighted by Crippen LogP contribution is -2.48. The summed E-state index contributed by atoms with van der Waals surface area (Å²) < 4.78 is 5.86. The molecular formula is C19H22N4O3. The molecule has 2 amide bonds. The molecule has 3 rings (SSSR count). The fourth-order valence-corrected chi connectivity index (χ4v) is 2.72. The van der Waals surface area contributed by atoms with Gasteiger partial charge in [-0.3, -0.25) is 14.5 Å². The van der Waals surface area contributed by atoms with Crippen LogP contribution in [0.4, 0.5) is 11.6 Å². The number of anilines is 2. The molecule has 7 heteroatoms. The summed E-state index contributed by atoms with van der Waals surface area (Å²) in [4.78, 5) is 30.9. The molecule has 0 saturated carbocycles. The molecule has 136 valence electrons. The zero-order valence-corrected chi connectivity index (χ0v) is 14.8. The Labute approximate surface area is 152 Å². The van der Waals surface area contributed by atoms with Gasteiger partial charge in [0.2, 0.25) is 12.0 Å². The van der Waals surface area contributed by atoms with Crippen molar-refractivity contribution < 1.29 is 14.3 Å². The van der Waals surface area contributed by atoms with Crippen LogP contribution < -0.4 is 20.7 Å². The molecule has 0 bridgehead atoms. The SMILES string of the molecule is CCC(C)NC(=O)CN1C(=O)C(c2ccccc2)Oc2ccc(N)nc21. The highest BCUT2D eigenvalue weighted by Crippen LogP contribution is 2.37. The fraction of sp³-hybridized carbons (Fsp3) is 0.316. The van der Waals surface area contributed by atoms with Gasteiger partial charge in [-0.05, 0) is 25.5 Å². The summed E-state index contributed by atoms with van der Waals surface area (Å²) in [6.45, 7) is 3.75. The largest absolute Gasteiger partial charge is 0.472 e. The number of hydrogen-bond donors (Lipinski definition) is 2. The standard InChI is InChI=1S/C19H22N4O3/c1-3-12(2)21-16(24)11-23-18-14(9-10-15(20)22-18)26-17(19(23)25)13-7-5-4-6-8-13/h4-10,12,17H,3,11H2,1-2H3,(H2,20,22)(H,21,24). The van der Waals surface area contributed by atoms with Crippen LogP contribution >= 0.6 is 0 Å². The van der Waals surface area contributed by atoms with E-state index >= 15 is 0 Å². The average Bonchev–Trinajstić information content (AvgIpc) is 2.64. The van der Waals surface area contributed by atoms with Crippen molar-refractivity contribution in [2.24, 2.45) is 0 Å². The maximum absolute atomic E-state index is 13.0. The summed E-state index contributed by atoms with van der Waals surface area (Å²) in [6, 6.07) is 12.5.